The zero-order chi connectivity index (χ0) is 17.2. The number of piperidine rings is 1. The van der Waals surface area contributed by atoms with Crippen LogP contribution in [0.1, 0.15) is 36.0 Å². The van der Waals surface area contributed by atoms with E-state index in [0.717, 1.165) is 25.2 Å². The molecule has 2 fully saturated rings. The highest BCUT2D eigenvalue weighted by atomic mass is 35.5. The van der Waals surface area contributed by atoms with Crippen LogP contribution in [0.2, 0.25) is 5.02 Å². The smallest absolute Gasteiger partial charge is 0.255 e. The Labute approximate surface area is 153 Å². The van der Waals surface area contributed by atoms with Crippen molar-refractivity contribution >= 4 is 17.5 Å². The third-order valence-corrected chi connectivity index (χ3v) is 5.62. The number of rotatable bonds is 3. The topological polar surface area (TPSA) is 41.4 Å². The van der Waals surface area contributed by atoms with Gasteiger partial charge in [-0.25, -0.2) is 4.68 Å². The van der Waals surface area contributed by atoms with E-state index in [1.54, 1.807) is 16.9 Å². The molecule has 4 rings (SSSR count). The van der Waals surface area contributed by atoms with Gasteiger partial charge in [0.05, 0.1) is 16.3 Å². The second-order valence-corrected chi connectivity index (χ2v) is 7.31. The monoisotopic (exact) mass is 358 g/mol. The Kier molecular flexibility index (Phi) is 4.77. The predicted molar refractivity (Wildman–Crippen MR) is 98.3 cm³/mol. The summed E-state index contributed by atoms with van der Waals surface area (Å²) in [6.07, 6.45) is 8.39. The Morgan fingerprint density at radius 1 is 1.16 bits per heavy atom. The van der Waals surface area contributed by atoms with Gasteiger partial charge in [0.1, 0.15) is 0 Å². The second-order valence-electron chi connectivity index (χ2n) is 6.91. The molecule has 1 aromatic carbocycles. The molecule has 6 heteroatoms. The van der Waals surface area contributed by atoms with Crippen LogP contribution in [-0.2, 0) is 0 Å². The lowest BCUT2D eigenvalue weighted by Crippen LogP contribution is -2.49. The van der Waals surface area contributed by atoms with E-state index in [9.17, 15) is 4.79 Å². The number of carbonyl (C=O) groups excluding carboxylic acids is 1. The van der Waals surface area contributed by atoms with Gasteiger partial charge < -0.3 is 4.90 Å². The van der Waals surface area contributed by atoms with Crippen LogP contribution in [0.5, 0.6) is 0 Å². The third kappa shape index (κ3) is 3.44. The molecule has 2 aliphatic heterocycles. The van der Waals surface area contributed by atoms with E-state index in [2.05, 4.69) is 10.00 Å². The Morgan fingerprint density at radius 3 is 2.76 bits per heavy atom. The number of nitrogens with zero attached hydrogens (tertiary/aromatic N) is 4. The zero-order valence-corrected chi connectivity index (χ0v) is 15.0. The molecule has 132 valence electrons. The molecule has 0 aliphatic carbocycles. The van der Waals surface area contributed by atoms with Crippen LogP contribution in [0.25, 0.3) is 5.69 Å². The molecule has 1 amide bonds. The molecule has 3 heterocycles. The van der Waals surface area contributed by atoms with Gasteiger partial charge in [0, 0.05) is 31.5 Å². The molecule has 0 saturated carbocycles. The maximum absolute atomic E-state index is 13.1. The van der Waals surface area contributed by atoms with E-state index in [-0.39, 0.29) is 5.91 Å². The van der Waals surface area contributed by atoms with Gasteiger partial charge in [-0.05, 0) is 63.0 Å². The normalized spacial score (nSPS) is 21.6. The van der Waals surface area contributed by atoms with E-state index in [4.69, 9.17) is 11.6 Å². The molecule has 5 nitrogen and oxygen atoms in total. The minimum atomic E-state index is 0.0305. The quantitative estimate of drug-likeness (QED) is 0.845. The van der Waals surface area contributed by atoms with Gasteiger partial charge >= 0.3 is 0 Å². The van der Waals surface area contributed by atoms with Gasteiger partial charge in [-0.15, -0.1) is 0 Å². The van der Waals surface area contributed by atoms with Crippen LogP contribution in [-0.4, -0.2) is 57.7 Å². The fourth-order valence-electron chi connectivity index (χ4n) is 3.96. The number of amides is 1. The van der Waals surface area contributed by atoms with Crippen molar-refractivity contribution in [3.05, 3.63) is 47.2 Å². The Hall–Kier alpha value is -1.85. The molecule has 0 bridgehead atoms. The highest BCUT2D eigenvalue weighted by Crippen LogP contribution is 2.25. The molecule has 0 unspecified atom stereocenters. The van der Waals surface area contributed by atoms with Crippen LogP contribution in [0.4, 0.5) is 0 Å². The Bertz CT molecular complexity index is 740. The highest BCUT2D eigenvalue weighted by molar-refractivity contribution is 6.33. The summed E-state index contributed by atoms with van der Waals surface area (Å²) in [6, 6.07) is 7.87. The number of carbonyl (C=O) groups is 1. The standard InChI is InChI=1S/C19H23ClN4O/c20-18-7-6-15(24-12-4-8-21-24)13-17(18)19(25)23-11-3-5-16(14-23)22-9-1-2-10-22/h4,6-8,12-13,16H,1-3,5,9-11,14H2/t16-/m1/s1. The van der Waals surface area contributed by atoms with Crippen LogP contribution in [0, 0.1) is 0 Å². The SMILES string of the molecule is O=C(c1cc(-n2cccn2)ccc1Cl)N1CCC[C@@H](N2CCCC2)C1. The second kappa shape index (κ2) is 7.18. The van der Waals surface area contributed by atoms with Crippen molar-refractivity contribution in [2.75, 3.05) is 26.2 Å². The molecule has 2 aliphatic rings. The third-order valence-electron chi connectivity index (χ3n) is 5.29. The summed E-state index contributed by atoms with van der Waals surface area (Å²) in [5.74, 6) is 0.0305. The first-order valence-corrected chi connectivity index (χ1v) is 9.43. The molecular formula is C19H23ClN4O. The predicted octanol–water partition coefficient (Wildman–Crippen LogP) is 3.23. The zero-order valence-electron chi connectivity index (χ0n) is 14.3. The first-order chi connectivity index (χ1) is 12.2. The Morgan fingerprint density at radius 2 is 2.00 bits per heavy atom. The lowest BCUT2D eigenvalue weighted by molar-refractivity contribution is 0.0608. The summed E-state index contributed by atoms with van der Waals surface area (Å²) >= 11 is 6.35. The van der Waals surface area contributed by atoms with E-state index in [0.29, 0.717) is 16.6 Å². The van der Waals surface area contributed by atoms with Gasteiger partial charge in [-0.2, -0.15) is 5.10 Å². The van der Waals surface area contributed by atoms with Gasteiger partial charge in [-0.3, -0.25) is 9.69 Å². The summed E-state index contributed by atoms with van der Waals surface area (Å²) in [5, 5.41) is 4.74. The number of hydrogen-bond acceptors (Lipinski definition) is 3. The number of hydrogen-bond donors (Lipinski definition) is 0. The van der Waals surface area contributed by atoms with Crippen LogP contribution in [0.3, 0.4) is 0 Å². The van der Waals surface area contributed by atoms with Crippen LogP contribution < -0.4 is 0 Å². The van der Waals surface area contributed by atoms with Gasteiger partial charge in [0.15, 0.2) is 0 Å². The van der Waals surface area contributed by atoms with Crippen molar-refractivity contribution in [1.82, 2.24) is 19.6 Å². The van der Waals surface area contributed by atoms with Gasteiger partial charge in [-0.1, -0.05) is 11.6 Å². The van der Waals surface area contributed by atoms with Crippen molar-refractivity contribution in [2.45, 2.75) is 31.7 Å². The van der Waals surface area contributed by atoms with Gasteiger partial charge in [0.25, 0.3) is 5.91 Å². The summed E-state index contributed by atoms with van der Waals surface area (Å²) in [4.78, 5) is 17.6. The van der Waals surface area contributed by atoms with Crippen molar-refractivity contribution in [3.63, 3.8) is 0 Å². The fourth-order valence-corrected chi connectivity index (χ4v) is 4.15. The van der Waals surface area contributed by atoms with Crippen molar-refractivity contribution in [2.24, 2.45) is 0 Å². The highest BCUT2D eigenvalue weighted by Gasteiger charge is 2.30. The summed E-state index contributed by atoms with van der Waals surface area (Å²) < 4.78 is 1.75. The molecule has 0 radical (unpaired) electrons. The minimum absolute atomic E-state index is 0.0305. The average molecular weight is 359 g/mol. The number of aromatic nitrogens is 2. The van der Waals surface area contributed by atoms with E-state index in [1.807, 2.05) is 29.3 Å². The summed E-state index contributed by atoms with van der Waals surface area (Å²) in [7, 11) is 0. The largest absolute Gasteiger partial charge is 0.337 e. The molecule has 0 N–H and O–H groups in total. The maximum atomic E-state index is 13.1. The Balaban J connectivity index is 1.54. The summed E-state index contributed by atoms with van der Waals surface area (Å²) in [6.45, 7) is 3.96. The number of likely N-dealkylation sites (tertiary alicyclic amines) is 2. The minimum Gasteiger partial charge on any atom is -0.337 e. The molecular weight excluding hydrogens is 336 g/mol. The van der Waals surface area contributed by atoms with E-state index in [1.165, 1.54) is 32.4 Å². The fraction of sp³-hybridized carbons (Fsp3) is 0.474. The lowest BCUT2D eigenvalue weighted by atomic mass is 10.0. The molecule has 0 spiro atoms. The molecule has 2 aromatic rings. The molecule has 1 aromatic heterocycles. The molecule has 1 atom stereocenters. The van der Waals surface area contributed by atoms with Crippen LogP contribution >= 0.6 is 11.6 Å². The number of halogens is 1. The average Bonchev–Trinajstić information content (AvgIpc) is 3.35. The number of benzene rings is 1. The van der Waals surface area contributed by atoms with E-state index >= 15 is 0 Å². The molecule has 25 heavy (non-hydrogen) atoms. The summed E-state index contributed by atoms with van der Waals surface area (Å²) in [5.41, 5.74) is 1.42. The maximum Gasteiger partial charge on any atom is 0.255 e. The van der Waals surface area contributed by atoms with Crippen LogP contribution in [0.15, 0.2) is 36.7 Å². The first kappa shape index (κ1) is 16.6. The van der Waals surface area contributed by atoms with E-state index < -0.39 is 0 Å². The van der Waals surface area contributed by atoms with Crippen molar-refractivity contribution in [1.29, 1.82) is 0 Å². The van der Waals surface area contributed by atoms with Crippen molar-refractivity contribution in [3.8, 4) is 5.69 Å². The lowest BCUT2D eigenvalue weighted by Gasteiger charge is -2.37. The van der Waals surface area contributed by atoms with Gasteiger partial charge in [0.2, 0.25) is 0 Å². The first-order valence-electron chi connectivity index (χ1n) is 9.05. The van der Waals surface area contributed by atoms with Crippen molar-refractivity contribution < 1.29 is 4.79 Å². The molecule has 2 saturated heterocycles.